The van der Waals surface area contributed by atoms with Crippen molar-refractivity contribution in [3.05, 3.63) is 30.1 Å². The number of aromatic nitrogens is 2. The van der Waals surface area contributed by atoms with Crippen LogP contribution in [0.25, 0.3) is 11.0 Å². The molecule has 0 radical (unpaired) electrons. The normalized spacial score (nSPS) is 16.9. The minimum Gasteiger partial charge on any atom is -0.355 e. The molecule has 1 aliphatic heterocycles. The van der Waals surface area contributed by atoms with Crippen LogP contribution in [0.15, 0.2) is 24.3 Å². The molecular formula is C15H20N4O. The number of nitrogens with one attached hydrogen (secondary N) is 3. The summed E-state index contributed by atoms with van der Waals surface area (Å²) in [7, 11) is 0. The quantitative estimate of drug-likeness (QED) is 0.763. The van der Waals surface area contributed by atoms with E-state index in [1.807, 2.05) is 31.2 Å². The summed E-state index contributed by atoms with van der Waals surface area (Å²) in [5.74, 6) is 1.64. The largest absolute Gasteiger partial charge is 0.355 e. The minimum atomic E-state index is 0.0897. The van der Waals surface area contributed by atoms with Gasteiger partial charge in [-0.05, 0) is 31.1 Å². The van der Waals surface area contributed by atoms with Crippen LogP contribution >= 0.6 is 0 Å². The number of hydrogen-bond donors (Lipinski definition) is 3. The standard InChI is InChI=1S/C15H20N4O/c1-10(11-8-16-9-11)15(20)17-7-6-14-18-12-4-2-3-5-13(12)19-14/h2-5,10-11,16H,6-9H2,1H3,(H,17,20)(H,18,19). The summed E-state index contributed by atoms with van der Waals surface area (Å²) in [5, 5.41) is 6.20. The molecule has 0 spiro atoms. The molecule has 3 rings (SSSR count). The number of nitrogens with zero attached hydrogens (tertiary/aromatic N) is 1. The number of para-hydroxylation sites is 2. The average Bonchev–Trinajstić information content (AvgIpc) is 2.79. The SMILES string of the molecule is CC(C(=O)NCCc1nc2ccccc2[nH]1)C1CNC1. The number of benzene rings is 1. The molecule has 5 nitrogen and oxygen atoms in total. The summed E-state index contributed by atoms with van der Waals surface area (Å²) in [6, 6.07) is 7.96. The van der Waals surface area contributed by atoms with Gasteiger partial charge in [-0.1, -0.05) is 19.1 Å². The molecule has 1 amide bonds. The van der Waals surface area contributed by atoms with Crippen LogP contribution in [0, 0.1) is 11.8 Å². The predicted octanol–water partition coefficient (Wildman–Crippen LogP) is 1.08. The maximum absolute atomic E-state index is 12.0. The van der Waals surface area contributed by atoms with E-state index in [1.54, 1.807) is 0 Å². The number of imidazole rings is 1. The van der Waals surface area contributed by atoms with Gasteiger partial charge in [-0.15, -0.1) is 0 Å². The molecule has 1 fully saturated rings. The summed E-state index contributed by atoms with van der Waals surface area (Å²) >= 11 is 0. The Labute approximate surface area is 118 Å². The number of fused-ring (bicyclic) bond motifs is 1. The Balaban J connectivity index is 1.50. The molecule has 1 unspecified atom stereocenters. The number of rotatable bonds is 5. The number of hydrogen-bond acceptors (Lipinski definition) is 3. The van der Waals surface area contributed by atoms with Gasteiger partial charge in [-0.25, -0.2) is 4.98 Å². The van der Waals surface area contributed by atoms with Gasteiger partial charge in [-0.2, -0.15) is 0 Å². The monoisotopic (exact) mass is 272 g/mol. The summed E-state index contributed by atoms with van der Waals surface area (Å²) in [4.78, 5) is 19.7. The molecule has 1 saturated heterocycles. The van der Waals surface area contributed by atoms with E-state index in [1.165, 1.54) is 0 Å². The highest BCUT2D eigenvalue weighted by atomic mass is 16.1. The fourth-order valence-electron chi connectivity index (χ4n) is 2.47. The van der Waals surface area contributed by atoms with Gasteiger partial charge >= 0.3 is 0 Å². The van der Waals surface area contributed by atoms with Gasteiger partial charge < -0.3 is 15.6 Å². The lowest BCUT2D eigenvalue weighted by molar-refractivity contribution is -0.126. The Morgan fingerprint density at radius 1 is 1.45 bits per heavy atom. The molecule has 20 heavy (non-hydrogen) atoms. The number of H-pyrrole nitrogens is 1. The van der Waals surface area contributed by atoms with E-state index >= 15 is 0 Å². The molecular weight excluding hydrogens is 252 g/mol. The van der Waals surface area contributed by atoms with E-state index in [2.05, 4.69) is 20.6 Å². The summed E-state index contributed by atoms with van der Waals surface area (Å²) in [5.41, 5.74) is 2.02. The van der Waals surface area contributed by atoms with Crippen molar-refractivity contribution in [2.45, 2.75) is 13.3 Å². The zero-order valence-corrected chi connectivity index (χ0v) is 11.6. The fraction of sp³-hybridized carbons (Fsp3) is 0.467. The first-order valence-electron chi connectivity index (χ1n) is 7.16. The van der Waals surface area contributed by atoms with Crippen molar-refractivity contribution in [2.24, 2.45) is 11.8 Å². The van der Waals surface area contributed by atoms with Gasteiger partial charge in [0.2, 0.25) is 5.91 Å². The molecule has 1 aliphatic rings. The molecule has 0 aliphatic carbocycles. The number of carbonyl (C=O) groups excluding carboxylic acids is 1. The third-order valence-electron chi connectivity index (χ3n) is 4.03. The summed E-state index contributed by atoms with van der Waals surface area (Å²) < 4.78 is 0. The molecule has 2 heterocycles. The van der Waals surface area contributed by atoms with Crippen LogP contribution in [0.3, 0.4) is 0 Å². The van der Waals surface area contributed by atoms with E-state index in [0.717, 1.165) is 36.4 Å². The second kappa shape index (κ2) is 5.63. The zero-order valence-electron chi connectivity index (χ0n) is 11.6. The molecule has 3 N–H and O–H groups in total. The van der Waals surface area contributed by atoms with Gasteiger partial charge in [0, 0.05) is 18.9 Å². The third-order valence-corrected chi connectivity index (χ3v) is 4.03. The smallest absolute Gasteiger partial charge is 0.223 e. The van der Waals surface area contributed by atoms with Gasteiger partial charge in [0.25, 0.3) is 0 Å². The van der Waals surface area contributed by atoms with Crippen molar-refractivity contribution in [1.82, 2.24) is 20.6 Å². The second-order valence-corrected chi connectivity index (χ2v) is 5.45. The molecule has 2 aromatic rings. The third kappa shape index (κ3) is 2.67. The lowest BCUT2D eigenvalue weighted by Gasteiger charge is -2.31. The first-order valence-corrected chi connectivity index (χ1v) is 7.16. The molecule has 5 heteroatoms. The number of carbonyl (C=O) groups is 1. The predicted molar refractivity (Wildman–Crippen MR) is 78.3 cm³/mol. The van der Waals surface area contributed by atoms with E-state index in [-0.39, 0.29) is 11.8 Å². The topological polar surface area (TPSA) is 69.8 Å². The van der Waals surface area contributed by atoms with E-state index in [9.17, 15) is 4.79 Å². The highest BCUT2D eigenvalue weighted by Crippen LogP contribution is 2.15. The maximum Gasteiger partial charge on any atom is 0.223 e. The lowest BCUT2D eigenvalue weighted by Crippen LogP contribution is -2.49. The van der Waals surface area contributed by atoms with Gasteiger partial charge in [0.05, 0.1) is 11.0 Å². The molecule has 0 saturated carbocycles. The molecule has 106 valence electrons. The van der Waals surface area contributed by atoms with E-state index in [4.69, 9.17) is 0 Å². The Hall–Kier alpha value is -1.88. The molecule has 1 aromatic carbocycles. The Kier molecular flexibility index (Phi) is 3.69. The van der Waals surface area contributed by atoms with Gasteiger partial charge in [-0.3, -0.25) is 4.79 Å². The Morgan fingerprint density at radius 3 is 2.95 bits per heavy atom. The van der Waals surface area contributed by atoms with Crippen molar-refractivity contribution in [3.63, 3.8) is 0 Å². The van der Waals surface area contributed by atoms with Gasteiger partial charge in [0.1, 0.15) is 5.82 Å². The van der Waals surface area contributed by atoms with Crippen LogP contribution in [0.2, 0.25) is 0 Å². The first-order chi connectivity index (χ1) is 9.74. The van der Waals surface area contributed by atoms with E-state index in [0.29, 0.717) is 12.5 Å². The van der Waals surface area contributed by atoms with Crippen molar-refractivity contribution in [3.8, 4) is 0 Å². The van der Waals surface area contributed by atoms with Crippen LogP contribution in [-0.4, -0.2) is 35.5 Å². The van der Waals surface area contributed by atoms with E-state index < -0.39 is 0 Å². The lowest BCUT2D eigenvalue weighted by atomic mass is 9.88. The Bertz CT molecular complexity index is 570. The highest BCUT2D eigenvalue weighted by Gasteiger charge is 2.28. The van der Waals surface area contributed by atoms with Crippen molar-refractivity contribution < 1.29 is 4.79 Å². The molecule has 1 aromatic heterocycles. The number of aromatic amines is 1. The molecule has 0 bridgehead atoms. The van der Waals surface area contributed by atoms with Crippen LogP contribution in [0.4, 0.5) is 0 Å². The fourth-order valence-corrected chi connectivity index (χ4v) is 2.47. The van der Waals surface area contributed by atoms with Crippen LogP contribution in [0.1, 0.15) is 12.7 Å². The maximum atomic E-state index is 12.0. The van der Waals surface area contributed by atoms with Crippen molar-refractivity contribution >= 4 is 16.9 Å². The Morgan fingerprint density at radius 2 is 2.25 bits per heavy atom. The zero-order chi connectivity index (χ0) is 13.9. The van der Waals surface area contributed by atoms with Crippen molar-refractivity contribution in [2.75, 3.05) is 19.6 Å². The van der Waals surface area contributed by atoms with Crippen LogP contribution in [0.5, 0.6) is 0 Å². The number of amides is 1. The summed E-state index contributed by atoms with van der Waals surface area (Å²) in [6.45, 7) is 4.54. The van der Waals surface area contributed by atoms with Crippen LogP contribution < -0.4 is 10.6 Å². The first kappa shape index (κ1) is 13.1. The highest BCUT2D eigenvalue weighted by molar-refractivity contribution is 5.78. The van der Waals surface area contributed by atoms with Gasteiger partial charge in [0.15, 0.2) is 0 Å². The van der Waals surface area contributed by atoms with Crippen LogP contribution in [-0.2, 0) is 11.2 Å². The minimum absolute atomic E-state index is 0.0897. The van der Waals surface area contributed by atoms with Crippen molar-refractivity contribution in [1.29, 1.82) is 0 Å². The second-order valence-electron chi connectivity index (χ2n) is 5.45. The summed E-state index contributed by atoms with van der Waals surface area (Å²) in [6.07, 6.45) is 0.732. The molecule has 1 atom stereocenters. The average molecular weight is 272 g/mol.